The van der Waals surface area contributed by atoms with Crippen molar-refractivity contribution in [2.24, 2.45) is 23.2 Å². The summed E-state index contributed by atoms with van der Waals surface area (Å²) in [5.41, 5.74) is -0.750. The number of hydrogen-bond donors (Lipinski definition) is 1. The molecule has 1 heterocycles. The molecule has 0 radical (unpaired) electrons. The molecule has 1 N–H and O–H groups in total. The van der Waals surface area contributed by atoms with Crippen molar-refractivity contribution in [3.05, 3.63) is 0 Å². The van der Waals surface area contributed by atoms with Crippen molar-refractivity contribution in [2.45, 2.75) is 52.9 Å². The summed E-state index contributed by atoms with van der Waals surface area (Å²) in [5, 5.41) is 9.37. The van der Waals surface area contributed by atoms with E-state index in [2.05, 4.69) is 6.92 Å². The number of carbonyl (C=O) groups excluding carboxylic acids is 1. The van der Waals surface area contributed by atoms with Crippen molar-refractivity contribution in [2.75, 3.05) is 13.1 Å². The van der Waals surface area contributed by atoms with E-state index in [1.165, 1.54) is 0 Å². The van der Waals surface area contributed by atoms with Crippen LogP contribution in [0.15, 0.2) is 0 Å². The fourth-order valence-electron chi connectivity index (χ4n) is 3.69. The van der Waals surface area contributed by atoms with Crippen LogP contribution in [0, 0.1) is 23.2 Å². The van der Waals surface area contributed by atoms with E-state index in [0.717, 1.165) is 38.6 Å². The molecule has 0 bridgehead atoms. The van der Waals surface area contributed by atoms with Crippen molar-refractivity contribution >= 4 is 11.9 Å². The molecule has 3 unspecified atom stereocenters. The maximum absolute atomic E-state index is 12.6. The average molecular weight is 281 g/mol. The van der Waals surface area contributed by atoms with Gasteiger partial charge in [0.25, 0.3) is 0 Å². The van der Waals surface area contributed by atoms with Gasteiger partial charge in [-0.25, -0.2) is 0 Å². The molecule has 2 rings (SSSR count). The van der Waals surface area contributed by atoms with E-state index in [1.54, 1.807) is 13.8 Å². The standard InChI is InChI=1S/C16H27NO3/c1-11-6-4-8-13(11)14(18)17-9-5-7-12(10-17)16(2,3)15(19)20/h11-13H,4-10H2,1-3H3,(H,19,20). The quantitative estimate of drug-likeness (QED) is 0.865. The summed E-state index contributed by atoms with van der Waals surface area (Å²) in [6.07, 6.45) is 5.13. The Bertz CT molecular complexity index is 391. The number of aliphatic carboxylic acids is 1. The van der Waals surface area contributed by atoms with Gasteiger partial charge in [0.1, 0.15) is 0 Å². The fourth-order valence-corrected chi connectivity index (χ4v) is 3.69. The van der Waals surface area contributed by atoms with Crippen molar-refractivity contribution in [1.29, 1.82) is 0 Å². The number of carbonyl (C=O) groups is 2. The van der Waals surface area contributed by atoms with Crippen LogP contribution in [-0.4, -0.2) is 35.0 Å². The number of carboxylic acids is 1. The summed E-state index contributed by atoms with van der Waals surface area (Å²) in [6, 6.07) is 0. The molecule has 20 heavy (non-hydrogen) atoms. The van der Waals surface area contributed by atoms with Crippen LogP contribution in [0.25, 0.3) is 0 Å². The molecule has 0 aromatic heterocycles. The first-order chi connectivity index (χ1) is 9.34. The molecule has 1 saturated carbocycles. The lowest BCUT2D eigenvalue weighted by atomic mass is 9.74. The fraction of sp³-hybridized carbons (Fsp3) is 0.875. The largest absolute Gasteiger partial charge is 0.481 e. The van der Waals surface area contributed by atoms with Gasteiger partial charge in [-0.1, -0.05) is 13.3 Å². The van der Waals surface area contributed by atoms with Crippen LogP contribution in [0.3, 0.4) is 0 Å². The summed E-state index contributed by atoms with van der Waals surface area (Å²) in [6.45, 7) is 7.14. The van der Waals surface area contributed by atoms with Gasteiger partial charge >= 0.3 is 5.97 Å². The number of amides is 1. The molecular weight excluding hydrogens is 254 g/mol. The molecule has 2 fully saturated rings. The Morgan fingerprint density at radius 3 is 2.40 bits per heavy atom. The highest BCUT2D eigenvalue weighted by atomic mass is 16.4. The minimum Gasteiger partial charge on any atom is -0.481 e. The number of hydrogen-bond acceptors (Lipinski definition) is 2. The molecule has 1 aliphatic carbocycles. The summed E-state index contributed by atoms with van der Waals surface area (Å²) in [7, 11) is 0. The monoisotopic (exact) mass is 281 g/mol. The molecule has 0 aromatic rings. The van der Waals surface area contributed by atoms with Gasteiger partial charge in [0, 0.05) is 19.0 Å². The first kappa shape index (κ1) is 15.3. The minimum absolute atomic E-state index is 0.0643. The first-order valence-corrected chi connectivity index (χ1v) is 7.86. The van der Waals surface area contributed by atoms with Crippen LogP contribution in [0.5, 0.6) is 0 Å². The van der Waals surface area contributed by atoms with E-state index in [1.807, 2.05) is 4.90 Å². The first-order valence-electron chi connectivity index (χ1n) is 7.86. The second-order valence-corrected chi connectivity index (χ2v) is 7.16. The van der Waals surface area contributed by atoms with Gasteiger partial charge in [-0.3, -0.25) is 9.59 Å². The molecule has 0 aromatic carbocycles. The number of rotatable bonds is 3. The number of piperidine rings is 1. The number of likely N-dealkylation sites (tertiary alicyclic amines) is 1. The molecule has 4 nitrogen and oxygen atoms in total. The maximum Gasteiger partial charge on any atom is 0.309 e. The van der Waals surface area contributed by atoms with Gasteiger partial charge in [-0.2, -0.15) is 0 Å². The SMILES string of the molecule is CC1CCCC1C(=O)N1CCCC(C(C)(C)C(=O)O)C1. The van der Waals surface area contributed by atoms with E-state index in [0.29, 0.717) is 12.5 Å². The lowest BCUT2D eigenvalue weighted by Crippen LogP contribution is -2.48. The topological polar surface area (TPSA) is 57.6 Å². The van der Waals surface area contributed by atoms with Crippen LogP contribution in [-0.2, 0) is 9.59 Å². The van der Waals surface area contributed by atoms with Crippen LogP contribution < -0.4 is 0 Å². The van der Waals surface area contributed by atoms with Gasteiger partial charge < -0.3 is 10.0 Å². The molecule has 4 heteroatoms. The van der Waals surface area contributed by atoms with E-state index in [9.17, 15) is 14.7 Å². The highest BCUT2D eigenvalue weighted by Crippen LogP contribution is 2.37. The summed E-state index contributed by atoms with van der Waals surface area (Å²) in [5.74, 6) is 0.221. The highest BCUT2D eigenvalue weighted by molar-refractivity contribution is 5.80. The van der Waals surface area contributed by atoms with Gasteiger partial charge in [0.05, 0.1) is 5.41 Å². The third-order valence-corrected chi connectivity index (χ3v) is 5.48. The van der Waals surface area contributed by atoms with Crippen molar-refractivity contribution < 1.29 is 14.7 Å². The van der Waals surface area contributed by atoms with E-state index < -0.39 is 11.4 Å². The smallest absolute Gasteiger partial charge is 0.309 e. The van der Waals surface area contributed by atoms with Crippen LogP contribution in [0.4, 0.5) is 0 Å². The zero-order valence-corrected chi connectivity index (χ0v) is 12.9. The Hall–Kier alpha value is -1.06. The van der Waals surface area contributed by atoms with Crippen LogP contribution in [0.1, 0.15) is 52.9 Å². The molecule has 1 amide bonds. The number of carboxylic acid groups (broad SMARTS) is 1. The Morgan fingerprint density at radius 2 is 1.85 bits per heavy atom. The second-order valence-electron chi connectivity index (χ2n) is 7.16. The Morgan fingerprint density at radius 1 is 1.15 bits per heavy atom. The van der Waals surface area contributed by atoms with Crippen LogP contribution in [0.2, 0.25) is 0 Å². The third-order valence-electron chi connectivity index (χ3n) is 5.48. The molecule has 3 atom stereocenters. The molecular formula is C16H27NO3. The molecule has 2 aliphatic rings. The molecule has 1 aliphatic heterocycles. The van der Waals surface area contributed by atoms with Crippen LogP contribution >= 0.6 is 0 Å². The summed E-state index contributed by atoms with van der Waals surface area (Å²) in [4.78, 5) is 26.0. The summed E-state index contributed by atoms with van der Waals surface area (Å²) < 4.78 is 0. The Kier molecular flexibility index (Phi) is 4.40. The predicted octanol–water partition coefficient (Wildman–Crippen LogP) is 2.77. The van der Waals surface area contributed by atoms with Gasteiger partial charge in [0.15, 0.2) is 0 Å². The molecule has 1 saturated heterocycles. The second kappa shape index (κ2) is 5.74. The van der Waals surface area contributed by atoms with Gasteiger partial charge in [0.2, 0.25) is 5.91 Å². The highest BCUT2D eigenvalue weighted by Gasteiger charge is 2.41. The third kappa shape index (κ3) is 2.84. The van der Waals surface area contributed by atoms with Crippen molar-refractivity contribution in [3.8, 4) is 0 Å². The van der Waals surface area contributed by atoms with E-state index in [-0.39, 0.29) is 17.7 Å². The summed E-state index contributed by atoms with van der Waals surface area (Å²) >= 11 is 0. The Labute approximate surface area is 121 Å². The van der Waals surface area contributed by atoms with Crippen molar-refractivity contribution in [1.82, 2.24) is 4.90 Å². The minimum atomic E-state index is -0.758. The van der Waals surface area contributed by atoms with Gasteiger partial charge in [-0.05, 0) is 51.4 Å². The number of nitrogens with zero attached hydrogens (tertiary/aromatic N) is 1. The zero-order valence-electron chi connectivity index (χ0n) is 12.9. The normalized spacial score (nSPS) is 31.4. The van der Waals surface area contributed by atoms with E-state index >= 15 is 0 Å². The maximum atomic E-state index is 12.6. The van der Waals surface area contributed by atoms with Crippen molar-refractivity contribution in [3.63, 3.8) is 0 Å². The molecule has 114 valence electrons. The predicted molar refractivity (Wildman–Crippen MR) is 77.2 cm³/mol. The zero-order chi connectivity index (χ0) is 14.9. The lowest BCUT2D eigenvalue weighted by Gasteiger charge is -2.40. The average Bonchev–Trinajstić information content (AvgIpc) is 2.84. The Balaban J connectivity index is 2.03. The van der Waals surface area contributed by atoms with E-state index in [4.69, 9.17) is 0 Å². The van der Waals surface area contributed by atoms with Gasteiger partial charge in [-0.15, -0.1) is 0 Å². The lowest BCUT2D eigenvalue weighted by molar-refractivity contribution is -0.154. The molecule has 0 spiro atoms.